The number of benzene rings is 1. The maximum atomic E-state index is 10.1. The van der Waals surface area contributed by atoms with Gasteiger partial charge in [-0.1, -0.05) is 23.7 Å². The maximum absolute atomic E-state index is 10.1. The first kappa shape index (κ1) is 20.1. The Morgan fingerprint density at radius 1 is 1.28 bits per heavy atom. The van der Waals surface area contributed by atoms with E-state index in [0.717, 1.165) is 12.2 Å². The van der Waals surface area contributed by atoms with Gasteiger partial charge < -0.3 is 19.9 Å². The number of hydrogen-bond acceptors (Lipinski definition) is 6. The smallest absolute Gasteiger partial charge is 0.183 e. The van der Waals surface area contributed by atoms with E-state index in [1.54, 1.807) is 5.38 Å². The van der Waals surface area contributed by atoms with E-state index in [1.165, 1.54) is 16.9 Å². The van der Waals surface area contributed by atoms with Crippen molar-refractivity contribution in [3.05, 3.63) is 45.4 Å². The van der Waals surface area contributed by atoms with Crippen molar-refractivity contribution >= 4 is 22.9 Å². The van der Waals surface area contributed by atoms with Gasteiger partial charge in [-0.3, -0.25) is 0 Å². The van der Waals surface area contributed by atoms with Crippen molar-refractivity contribution in [2.45, 2.75) is 32.4 Å². The number of nitrogens with one attached hydrogen (secondary N) is 1. The number of aliphatic hydroxyl groups is 1. The first-order valence-electron chi connectivity index (χ1n) is 8.40. The monoisotopic (exact) mass is 384 g/mol. The van der Waals surface area contributed by atoms with E-state index >= 15 is 0 Å². The summed E-state index contributed by atoms with van der Waals surface area (Å²) in [5.41, 5.74) is 1.83. The Hall–Kier alpha value is -1.18. The van der Waals surface area contributed by atoms with E-state index in [0.29, 0.717) is 36.5 Å². The molecule has 7 heteroatoms. The second-order valence-corrected chi connectivity index (χ2v) is 7.18. The molecule has 0 saturated carbocycles. The molecule has 25 heavy (non-hydrogen) atoms. The van der Waals surface area contributed by atoms with E-state index in [-0.39, 0.29) is 6.04 Å². The van der Waals surface area contributed by atoms with Crippen LogP contribution in [0.4, 0.5) is 0 Å². The summed E-state index contributed by atoms with van der Waals surface area (Å²) in [6, 6.07) is 8.30. The lowest BCUT2D eigenvalue weighted by molar-refractivity contribution is 0.110. The molecule has 0 fully saturated rings. The Kier molecular flexibility index (Phi) is 8.64. The van der Waals surface area contributed by atoms with Crippen LogP contribution in [-0.4, -0.2) is 42.5 Å². The highest BCUT2D eigenvalue weighted by Gasteiger charge is 2.13. The van der Waals surface area contributed by atoms with Crippen LogP contribution in [0.3, 0.4) is 0 Å². The lowest BCUT2D eigenvalue weighted by atomic mass is 10.1. The van der Waals surface area contributed by atoms with E-state index < -0.39 is 6.10 Å². The van der Waals surface area contributed by atoms with Crippen molar-refractivity contribution in [1.82, 2.24) is 10.3 Å². The first-order valence-corrected chi connectivity index (χ1v) is 9.66. The number of aromatic nitrogens is 1. The van der Waals surface area contributed by atoms with Gasteiger partial charge in [0, 0.05) is 24.6 Å². The van der Waals surface area contributed by atoms with Crippen molar-refractivity contribution in [3.8, 4) is 5.75 Å². The fraction of sp³-hybridized carbons (Fsp3) is 0.500. The molecule has 0 bridgehead atoms. The summed E-state index contributed by atoms with van der Waals surface area (Å²) in [5, 5.41) is 15.2. The molecule has 2 unspecified atom stereocenters. The van der Waals surface area contributed by atoms with Gasteiger partial charge in [0.05, 0.1) is 12.3 Å². The summed E-state index contributed by atoms with van der Waals surface area (Å²) in [6.45, 7) is 6.37. The van der Waals surface area contributed by atoms with Gasteiger partial charge in [-0.15, -0.1) is 11.3 Å². The molecule has 138 valence electrons. The van der Waals surface area contributed by atoms with Gasteiger partial charge >= 0.3 is 0 Å². The van der Waals surface area contributed by atoms with Crippen molar-refractivity contribution in [3.63, 3.8) is 0 Å². The van der Waals surface area contributed by atoms with Crippen molar-refractivity contribution in [2.24, 2.45) is 0 Å². The third-order valence-corrected chi connectivity index (χ3v) is 4.66. The molecule has 2 rings (SSSR count). The number of aliphatic hydroxyl groups excluding tert-OH is 1. The molecule has 0 aliphatic rings. The lowest BCUT2D eigenvalue weighted by Gasteiger charge is -2.16. The zero-order chi connectivity index (χ0) is 18.1. The number of rotatable bonds is 11. The van der Waals surface area contributed by atoms with E-state index in [9.17, 15) is 5.11 Å². The molecule has 2 aromatic rings. The minimum Gasteiger partial charge on any atom is -0.491 e. The first-order chi connectivity index (χ1) is 12.1. The molecule has 2 atom stereocenters. The van der Waals surface area contributed by atoms with Crippen LogP contribution in [0.15, 0.2) is 29.6 Å². The summed E-state index contributed by atoms with van der Waals surface area (Å²) in [6.07, 6.45) is 0.219. The highest BCUT2D eigenvalue weighted by atomic mass is 35.5. The van der Waals surface area contributed by atoms with E-state index in [1.807, 2.05) is 19.1 Å². The largest absolute Gasteiger partial charge is 0.491 e. The van der Waals surface area contributed by atoms with Crippen LogP contribution >= 0.6 is 22.9 Å². The molecule has 0 aliphatic carbocycles. The average molecular weight is 385 g/mol. The molecule has 1 aromatic heterocycles. The Morgan fingerprint density at radius 3 is 2.68 bits per heavy atom. The molecule has 2 N–H and O–H groups in total. The SMILES string of the molecule is CCOCCOc1ccc(CC(C)NCC(O)c2csc(Cl)n2)cc1. The van der Waals surface area contributed by atoms with Gasteiger partial charge in [-0.2, -0.15) is 0 Å². The predicted octanol–water partition coefficient (Wildman–Crippen LogP) is 3.47. The third-order valence-electron chi connectivity index (χ3n) is 3.66. The summed E-state index contributed by atoms with van der Waals surface area (Å²) in [4.78, 5) is 4.09. The number of nitrogens with zero attached hydrogens (tertiary/aromatic N) is 1. The zero-order valence-electron chi connectivity index (χ0n) is 14.6. The van der Waals surface area contributed by atoms with E-state index in [2.05, 4.69) is 29.4 Å². The predicted molar refractivity (Wildman–Crippen MR) is 102 cm³/mol. The third kappa shape index (κ3) is 7.30. The van der Waals surface area contributed by atoms with Crippen LogP contribution in [-0.2, 0) is 11.2 Å². The second-order valence-electron chi connectivity index (χ2n) is 5.74. The average Bonchev–Trinajstić information content (AvgIpc) is 3.04. The number of hydrogen-bond donors (Lipinski definition) is 2. The molecule has 0 saturated heterocycles. The minimum absolute atomic E-state index is 0.230. The maximum Gasteiger partial charge on any atom is 0.183 e. The summed E-state index contributed by atoms with van der Waals surface area (Å²) in [5.74, 6) is 0.847. The Balaban J connectivity index is 1.71. The van der Waals surface area contributed by atoms with Gasteiger partial charge in [-0.05, 0) is 38.0 Å². The van der Waals surface area contributed by atoms with Crippen molar-refractivity contribution < 1.29 is 14.6 Å². The quantitative estimate of drug-likeness (QED) is 0.581. The molecule has 1 heterocycles. The normalized spacial score (nSPS) is 13.6. The molecule has 1 aromatic carbocycles. The van der Waals surface area contributed by atoms with Crippen LogP contribution in [0.1, 0.15) is 31.2 Å². The minimum atomic E-state index is -0.646. The highest BCUT2D eigenvalue weighted by Crippen LogP contribution is 2.20. The lowest BCUT2D eigenvalue weighted by Crippen LogP contribution is -2.32. The zero-order valence-corrected chi connectivity index (χ0v) is 16.1. The van der Waals surface area contributed by atoms with Gasteiger partial charge in [0.1, 0.15) is 18.5 Å². The second kappa shape index (κ2) is 10.7. The molecular formula is C18H25ClN2O3S. The molecular weight excluding hydrogens is 360 g/mol. The molecule has 5 nitrogen and oxygen atoms in total. The van der Waals surface area contributed by atoms with E-state index in [4.69, 9.17) is 21.1 Å². The number of thiazole rings is 1. The summed E-state index contributed by atoms with van der Waals surface area (Å²) in [7, 11) is 0. The van der Waals surface area contributed by atoms with Crippen LogP contribution in [0.5, 0.6) is 5.75 Å². The van der Waals surface area contributed by atoms with Crippen LogP contribution in [0, 0.1) is 0 Å². The molecule has 0 amide bonds. The number of ether oxygens (including phenoxy) is 2. The molecule has 0 radical (unpaired) electrons. The molecule has 0 aliphatic heterocycles. The van der Waals surface area contributed by atoms with Crippen molar-refractivity contribution in [1.29, 1.82) is 0 Å². The molecule has 0 spiro atoms. The van der Waals surface area contributed by atoms with Gasteiger partial charge in [0.15, 0.2) is 4.47 Å². The Bertz CT molecular complexity index is 621. The summed E-state index contributed by atoms with van der Waals surface area (Å²) < 4.78 is 11.3. The van der Waals surface area contributed by atoms with Crippen molar-refractivity contribution in [2.75, 3.05) is 26.4 Å². The number of halogens is 1. The van der Waals surface area contributed by atoms with Gasteiger partial charge in [0.2, 0.25) is 0 Å². The highest BCUT2D eigenvalue weighted by molar-refractivity contribution is 7.13. The standard InChI is InChI=1S/C18H25ClN2O3S/c1-3-23-8-9-24-15-6-4-14(5-7-15)10-13(2)20-11-17(22)16-12-25-18(19)21-16/h4-7,12-13,17,20,22H,3,8-11H2,1-2H3. The van der Waals surface area contributed by atoms with Crippen LogP contribution in [0.2, 0.25) is 4.47 Å². The van der Waals surface area contributed by atoms with Gasteiger partial charge in [-0.25, -0.2) is 4.98 Å². The van der Waals surface area contributed by atoms with Crippen LogP contribution in [0.25, 0.3) is 0 Å². The van der Waals surface area contributed by atoms with Crippen LogP contribution < -0.4 is 10.1 Å². The summed E-state index contributed by atoms with van der Waals surface area (Å²) >= 11 is 7.12. The Morgan fingerprint density at radius 2 is 2.04 bits per heavy atom. The fourth-order valence-corrected chi connectivity index (χ4v) is 3.16. The fourth-order valence-electron chi connectivity index (χ4n) is 2.34. The van der Waals surface area contributed by atoms with Gasteiger partial charge in [0.25, 0.3) is 0 Å². The topological polar surface area (TPSA) is 63.6 Å². The Labute approximate surface area is 158 Å².